The van der Waals surface area contributed by atoms with Crippen molar-refractivity contribution in [2.75, 3.05) is 5.88 Å². The van der Waals surface area contributed by atoms with Crippen LogP contribution in [0.15, 0.2) is 12.4 Å². The highest BCUT2D eigenvalue weighted by atomic mass is 35.5. The van der Waals surface area contributed by atoms with Gasteiger partial charge in [-0.15, -0.1) is 11.6 Å². The van der Waals surface area contributed by atoms with Gasteiger partial charge in [-0.1, -0.05) is 6.42 Å². The predicted molar refractivity (Wildman–Crippen MR) is 51.5 cm³/mol. The van der Waals surface area contributed by atoms with Crippen LogP contribution in [0.25, 0.3) is 0 Å². The number of aryl methyl sites for hydroxylation is 2. The molecule has 0 aliphatic carbocycles. The van der Waals surface area contributed by atoms with Gasteiger partial charge in [0.05, 0.1) is 6.20 Å². The molecule has 1 rings (SSSR count). The molecule has 0 amide bonds. The second kappa shape index (κ2) is 5.20. The average molecular weight is 187 g/mol. The molecule has 0 atom stereocenters. The first-order valence-corrected chi connectivity index (χ1v) is 4.91. The summed E-state index contributed by atoms with van der Waals surface area (Å²) in [6, 6.07) is 0. The van der Waals surface area contributed by atoms with Crippen LogP contribution in [-0.2, 0) is 6.54 Å². The first kappa shape index (κ1) is 9.59. The Kier molecular flexibility index (Phi) is 4.15. The van der Waals surface area contributed by atoms with Crippen molar-refractivity contribution in [3.05, 3.63) is 18.0 Å². The van der Waals surface area contributed by atoms with Crippen molar-refractivity contribution in [3.63, 3.8) is 0 Å². The summed E-state index contributed by atoms with van der Waals surface area (Å²) < 4.78 is 1.99. The molecule has 1 heterocycles. The van der Waals surface area contributed by atoms with Crippen molar-refractivity contribution in [1.29, 1.82) is 0 Å². The van der Waals surface area contributed by atoms with Crippen molar-refractivity contribution in [2.45, 2.75) is 32.7 Å². The molecule has 12 heavy (non-hydrogen) atoms. The fraction of sp³-hybridized carbons (Fsp3) is 0.667. The highest BCUT2D eigenvalue weighted by Gasteiger charge is 1.93. The molecular weight excluding hydrogens is 172 g/mol. The lowest BCUT2D eigenvalue weighted by atomic mass is 10.2. The molecule has 0 aliphatic heterocycles. The third kappa shape index (κ3) is 3.26. The number of hydrogen-bond acceptors (Lipinski definition) is 1. The fourth-order valence-electron chi connectivity index (χ4n) is 1.13. The zero-order valence-corrected chi connectivity index (χ0v) is 8.22. The molecule has 0 bridgehead atoms. The van der Waals surface area contributed by atoms with Crippen LogP contribution >= 0.6 is 11.6 Å². The SMILES string of the molecule is Cc1cnn(CCCCCCl)c1. The first-order valence-electron chi connectivity index (χ1n) is 4.38. The molecule has 0 fully saturated rings. The summed E-state index contributed by atoms with van der Waals surface area (Å²) in [6.07, 6.45) is 7.44. The molecule has 68 valence electrons. The van der Waals surface area contributed by atoms with Crippen LogP contribution in [0.4, 0.5) is 0 Å². The number of nitrogens with zero attached hydrogens (tertiary/aromatic N) is 2. The van der Waals surface area contributed by atoms with E-state index >= 15 is 0 Å². The normalized spacial score (nSPS) is 10.5. The Balaban J connectivity index is 2.15. The summed E-state index contributed by atoms with van der Waals surface area (Å²) in [5.41, 5.74) is 1.23. The van der Waals surface area contributed by atoms with E-state index in [1.165, 1.54) is 18.4 Å². The van der Waals surface area contributed by atoms with Crippen molar-refractivity contribution < 1.29 is 0 Å². The number of unbranched alkanes of at least 4 members (excludes halogenated alkanes) is 2. The zero-order chi connectivity index (χ0) is 8.81. The van der Waals surface area contributed by atoms with Gasteiger partial charge < -0.3 is 0 Å². The largest absolute Gasteiger partial charge is 0.272 e. The topological polar surface area (TPSA) is 17.8 Å². The minimum atomic E-state index is 0.776. The first-order chi connectivity index (χ1) is 5.83. The van der Waals surface area contributed by atoms with Gasteiger partial charge in [0.2, 0.25) is 0 Å². The van der Waals surface area contributed by atoms with Crippen LogP contribution in [0.3, 0.4) is 0 Å². The lowest BCUT2D eigenvalue weighted by Gasteiger charge is -1.99. The molecule has 3 heteroatoms. The van der Waals surface area contributed by atoms with Crippen molar-refractivity contribution >= 4 is 11.6 Å². The van der Waals surface area contributed by atoms with E-state index in [1.807, 2.05) is 10.9 Å². The molecule has 0 spiro atoms. The molecule has 0 unspecified atom stereocenters. The Bertz CT molecular complexity index is 220. The molecule has 1 aromatic heterocycles. The average Bonchev–Trinajstić information content (AvgIpc) is 2.45. The minimum Gasteiger partial charge on any atom is -0.272 e. The minimum absolute atomic E-state index is 0.776. The van der Waals surface area contributed by atoms with E-state index in [1.54, 1.807) is 0 Å². The Morgan fingerprint density at radius 3 is 2.83 bits per heavy atom. The van der Waals surface area contributed by atoms with Crippen LogP contribution < -0.4 is 0 Å². The molecule has 0 radical (unpaired) electrons. The van der Waals surface area contributed by atoms with E-state index in [4.69, 9.17) is 11.6 Å². The smallest absolute Gasteiger partial charge is 0.0518 e. The number of alkyl halides is 1. The van der Waals surface area contributed by atoms with Crippen molar-refractivity contribution in [3.8, 4) is 0 Å². The summed E-state index contributed by atoms with van der Waals surface area (Å²) in [4.78, 5) is 0. The Hall–Kier alpha value is -0.500. The molecule has 0 aliphatic rings. The van der Waals surface area contributed by atoms with Gasteiger partial charge in [0.15, 0.2) is 0 Å². The van der Waals surface area contributed by atoms with E-state index < -0.39 is 0 Å². The van der Waals surface area contributed by atoms with Gasteiger partial charge >= 0.3 is 0 Å². The molecule has 0 saturated carbocycles. The maximum atomic E-state index is 5.56. The molecule has 0 N–H and O–H groups in total. The summed E-state index contributed by atoms with van der Waals surface area (Å²) in [7, 11) is 0. The zero-order valence-electron chi connectivity index (χ0n) is 7.46. The maximum Gasteiger partial charge on any atom is 0.0518 e. The highest BCUT2D eigenvalue weighted by Crippen LogP contribution is 2.01. The van der Waals surface area contributed by atoms with Gasteiger partial charge in [0.25, 0.3) is 0 Å². The van der Waals surface area contributed by atoms with Crippen molar-refractivity contribution in [2.24, 2.45) is 0 Å². The highest BCUT2D eigenvalue weighted by molar-refractivity contribution is 6.17. The molecule has 1 aromatic rings. The van der Waals surface area contributed by atoms with Gasteiger partial charge in [0, 0.05) is 18.6 Å². The summed E-state index contributed by atoms with van der Waals surface area (Å²) >= 11 is 5.56. The number of halogens is 1. The Labute approximate surface area is 78.5 Å². The Morgan fingerprint density at radius 1 is 1.42 bits per heavy atom. The second-order valence-electron chi connectivity index (χ2n) is 3.03. The standard InChI is InChI=1S/C9H15ClN2/c1-9-7-11-12(8-9)6-4-2-3-5-10/h7-8H,2-6H2,1H3. The van der Waals surface area contributed by atoms with E-state index in [2.05, 4.69) is 18.2 Å². The second-order valence-corrected chi connectivity index (χ2v) is 3.41. The third-order valence-electron chi connectivity index (χ3n) is 1.78. The quantitative estimate of drug-likeness (QED) is 0.511. The van der Waals surface area contributed by atoms with Gasteiger partial charge in [-0.3, -0.25) is 4.68 Å². The molecular formula is C9H15ClN2. The summed E-state index contributed by atoms with van der Waals surface area (Å²) in [5, 5.41) is 4.20. The van der Waals surface area contributed by atoms with Crippen LogP contribution in [0, 0.1) is 6.92 Å². The monoisotopic (exact) mass is 186 g/mol. The van der Waals surface area contributed by atoms with Crippen LogP contribution in [-0.4, -0.2) is 15.7 Å². The predicted octanol–water partition coefficient (Wildman–Crippen LogP) is 2.60. The summed E-state index contributed by atoms with van der Waals surface area (Å²) in [5.74, 6) is 0.776. The van der Waals surface area contributed by atoms with Crippen LogP contribution in [0.5, 0.6) is 0 Å². The Morgan fingerprint density at radius 2 is 2.25 bits per heavy atom. The van der Waals surface area contributed by atoms with Crippen LogP contribution in [0.2, 0.25) is 0 Å². The van der Waals surface area contributed by atoms with E-state index in [0.717, 1.165) is 18.8 Å². The third-order valence-corrected chi connectivity index (χ3v) is 2.05. The van der Waals surface area contributed by atoms with Gasteiger partial charge in [-0.2, -0.15) is 5.10 Å². The van der Waals surface area contributed by atoms with Gasteiger partial charge in [-0.25, -0.2) is 0 Å². The lowest BCUT2D eigenvalue weighted by molar-refractivity contribution is 0.554. The molecule has 2 nitrogen and oxygen atoms in total. The van der Waals surface area contributed by atoms with Crippen molar-refractivity contribution in [1.82, 2.24) is 9.78 Å². The number of rotatable bonds is 5. The summed E-state index contributed by atoms with van der Waals surface area (Å²) in [6.45, 7) is 3.08. The van der Waals surface area contributed by atoms with E-state index in [9.17, 15) is 0 Å². The maximum absolute atomic E-state index is 5.56. The fourth-order valence-corrected chi connectivity index (χ4v) is 1.32. The molecule has 0 aromatic carbocycles. The number of hydrogen-bond donors (Lipinski definition) is 0. The van der Waals surface area contributed by atoms with E-state index in [-0.39, 0.29) is 0 Å². The van der Waals surface area contributed by atoms with E-state index in [0.29, 0.717) is 0 Å². The molecule has 0 saturated heterocycles. The lowest BCUT2D eigenvalue weighted by Crippen LogP contribution is -1.97. The van der Waals surface area contributed by atoms with Gasteiger partial charge in [-0.05, 0) is 25.3 Å². The van der Waals surface area contributed by atoms with Crippen LogP contribution in [0.1, 0.15) is 24.8 Å². The van der Waals surface area contributed by atoms with Gasteiger partial charge in [0.1, 0.15) is 0 Å². The number of aromatic nitrogens is 2.